The van der Waals surface area contributed by atoms with Crippen LogP contribution in [0.2, 0.25) is 0 Å². The van der Waals surface area contributed by atoms with Gasteiger partial charge in [-0.05, 0) is 55.5 Å². The van der Waals surface area contributed by atoms with E-state index in [9.17, 15) is 14.7 Å². The second-order valence-corrected chi connectivity index (χ2v) is 10.7. The minimum absolute atomic E-state index is 0.0776. The zero-order valence-electron chi connectivity index (χ0n) is 23.7. The van der Waals surface area contributed by atoms with Gasteiger partial charge in [-0.2, -0.15) is 0 Å². The molecule has 0 radical (unpaired) electrons. The van der Waals surface area contributed by atoms with Crippen molar-refractivity contribution in [3.63, 3.8) is 0 Å². The summed E-state index contributed by atoms with van der Waals surface area (Å²) in [7, 11) is 3.57. The van der Waals surface area contributed by atoms with Gasteiger partial charge < -0.3 is 28.8 Å². The molecule has 1 saturated heterocycles. The van der Waals surface area contributed by atoms with Crippen molar-refractivity contribution in [2.24, 2.45) is 13.0 Å². The average Bonchev–Trinajstić information content (AvgIpc) is 3.65. The molecule has 2 aliphatic rings. The number of aromatic nitrogens is 1. The number of aryl methyl sites for hydroxylation is 2. The van der Waals surface area contributed by atoms with E-state index < -0.39 is 11.9 Å². The Morgan fingerprint density at radius 2 is 1.90 bits per heavy atom. The van der Waals surface area contributed by atoms with E-state index in [1.54, 1.807) is 7.11 Å². The van der Waals surface area contributed by atoms with E-state index in [1.165, 1.54) is 0 Å². The van der Waals surface area contributed by atoms with Crippen LogP contribution in [-0.2, 0) is 23.1 Å². The van der Waals surface area contributed by atoms with Crippen LogP contribution in [0.1, 0.15) is 63.1 Å². The molecule has 0 aliphatic carbocycles. The van der Waals surface area contributed by atoms with Crippen molar-refractivity contribution in [3.8, 4) is 17.2 Å². The third-order valence-electron chi connectivity index (χ3n) is 8.14. The van der Waals surface area contributed by atoms with Crippen LogP contribution in [-0.4, -0.2) is 77.5 Å². The Labute approximate surface area is 231 Å². The molecule has 2 aromatic rings. The molecule has 9 nitrogen and oxygen atoms in total. The number of fused-ring (bicyclic) bond motifs is 1. The number of carboxylic acids is 1. The normalized spacial score (nSPS) is 20.4. The molecule has 0 bridgehead atoms. The number of carboxylic acid groups (broad SMARTS) is 1. The van der Waals surface area contributed by atoms with Gasteiger partial charge in [-0.1, -0.05) is 26.7 Å². The molecule has 0 spiro atoms. The van der Waals surface area contributed by atoms with Crippen LogP contribution >= 0.6 is 0 Å². The maximum absolute atomic E-state index is 13.6. The molecule has 1 aromatic carbocycles. The Balaban J connectivity index is 1.64. The number of carbonyl (C=O) groups is 2. The summed E-state index contributed by atoms with van der Waals surface area (Å²) in [6, 6.07) is 7.52. The minimum atomic E-state index is -0.850. The highest BCUT2D eigenvalue weighted by atomic mass is 16.7. The zero-order valence-corrected chi connectivity index (χ0v) is 23.7. The third-order valence-corrected chi connectivity index (χ3v) is 8.14. The van der Waals surface area contributed by atoms with Crippen molar-refractivity contribution >= 4 is 11.9 Å². The molecule has 3 atom stereocenters. The predicted octanol–water partition coefficient (Wildman–Crippen LogP) is 4.29. The number of nitrogens with zero attached hydrogens (tertiary/aromatic N) is 3. The topological polar surface area (TPSA) is 93.5 Å². The summed E-state index contributed by atoms with van der Waals surface area (Å²) in [6.07, 6.45) is 7.34. The van der Waals surface area contributed by atoms with Gasteiger partial charge >= 0.3 is 5.97 Å². The van der Waals surface area contributed by atoms with Gasteiger partial charge in [0.15, 0.2) is 11.5 Å². The number of rotatable bonds is 14. The second-order valence-electron chi connectivity index (χ2n) is 10.7. The molecular formula is C30H43N3O6. The molecule has 1 unspecified atom stereocenters. The van der Waals surface area contributed by atoms with Crippen molar-refractivity contribution in [3.05, 3.63) is 41.7 Å². The lowest BCUT2D eigenvalue weighted by Crippen LogP contribution is -2.44. The fourth-order valence-electron chi connectivity index (χ4n) is 5.94. The summed E-state index contributed by atoms with van der Waals surface area (Å²) in [5.41, 5.74) is 1.97. The van der Waals surface area contributed by atoms with Crippen LogP contribution in [0.15, 0.2) is 30.5 Å². The number of likely N-dealkylation sites (tertiary alicyclic amines) is 1. The smallest absolute Gasteiger partial charge is 0.308 e. The lowest BCUT2D eigenvalue weighted by atomic mass is 9.83. The number of unbranched alkanes of at least 4 members (excludes halogenated alkanes) is 2. The number of carbonyl (C=O) groups excluding carboxylic acids is 1. The number of amides is 1. The highest BCUT2D eigenvalue weighted by Crippen LogP contribution is 2.47. The van der Waals surface area contributed by atoms with Crippen molar-refractivity contribution in [1.29, 1.82) is 0 Å². The second kappa shape index (κ2) is 13.2. The molecule has 1 aromatic heterocycles. The van der Waals surface area contributed by atoms with Gasteiger partial charge in [0.05, 0.1) is 19.6 Å². The number of aliphatic carboxylic acids is 1. The first-order valence-electron chi connectivity index (χ1n) is 14.2. The summed E-state index contributed by atoms with van der Waals surface area (Å²) >= 11 is 0. The molecule has 1 fully saturated rings. The van der Waals surface area contributed by atoms with Gasteiger partial charge in [0.2, 0.25) is 18.4 Å². The molecule has 1 amide bonds. The summed E-state index contributed by atoms with van der Waals surface area (Å²) in [5.74, 6) is -0.134. The molecule has 1 N–H and O–H groups in total. The summed E-state index contributed by atoms with van der Waals surface area (Å²) in [4.78, 5) is 30.5. The number of hydrogen-bond acceptors (Lipinski definition) is 6. The van der Waals surface area contributed by atoms with E-state index in [0.29, 0.717) is 30.2 Å². The molecule has 2 aliphatic heterocycles. The van der Waals surface area contributed by atoms with Crippen LogP contribution in [0.4, 0.5) is 0 Å². The van der Waals surface area contributed by atoms with Crippen LogP contribution in [0, 0.1) is 5.92 Å². The SMILES string of the molecule is CCCCN(CCCC)C(=O)CN1C[C@H](c2cc(OC)c3c(c2)OCO3)C(C(=O)O)[C@@H]1CCc1cccn1C. The van der Waals surface area contributed by atoms with E-state index in [4.69, 9.17) is 14.2 Å². The molecule has 214 valence electrons. The lowest BCUT2D eigenvalue weighted by Gasteiger charge is -2.30. The molecule has 0 saturated carbocycles. The Morgan fingerprint density at radius 3 is 2.51 bits per heavy atom. The molecule has 3 heterocycles. The summed E-state index contributed by atoms with van der Waals surface area (Å²) in [5, 5.41) is 10.5. The quantitative estimate of drug-likeness (QED) is 0.381. The van der Waals surface area contributed by atoms with Gasteiger partial charge in [0.25, 0.3) is 0 Å². The fraction of sp³-hybridized carbons (Fsp3) is 0.600. The zero-order chi connectivity index (χ0) is 27.9. The number of benzene rings is 1. The number of hydrogen-bond donors (Lipinski definition) is 1. The van der Waals surface area contributed by atoms with Crippen LogP contribution < -0.4 is 14.2 Å². The van der Waals surface area contributed by atoms with E-state index in [1.807, 2.05) is 36.3 Å². The van der Waals surface area contributed by atoms with E-state index in [0.717, 1.165) is 56.5 Å². The Bertz CT molecular complexity index is 1120. The van der Waals surface area contributed by atoms with Gasteiger partial charge in [-0.25, -0.2) is 0 Å². The monoisotopic (exact) mass is 541 g/mol. The van der Waals surface area contributed by atoms with Crippen molar-refractivity contribution < 1.29 is 28.9 Å². The van der Waals surface area contributed by atoms with Crippen LogP contribution in [0.3, 0.4) is 0 Å². The third kappa shape index (κ3) is 6.52. The number of ether oxygens (including phenoxy) is 3. The highest BCUT2D eigenvalue weighted by Gasteiger charge is 2.47. The van der Waals surface area contributed by atoms with E-state index in [2.05, 4.69) is 29.4 Å². The van der Waals surface area contributed by atoms with Crippen LogP contribution in [0.25, 0.3) is 0 Å². The standard InChI is InChI=1S/C30H43N3O6/c1-5-7-14-32(15-8-6-2)27(34)19-33-18-23(21-16-25(37-4)29-26(17-21)38-20-39-29)28(30(35)36)24(33)12-11-22-10-9-13-31(22)3/h9-10,13,16-17,23-24,28H,5-8,11-12,14-15,18-20H2,1-4H3,(H,35,36)/t23-,24+,28?/m1/s1. The van der Waals surface area contributed by atoms with Crippen molar-refractivity contribution in [1.82, 2.24) is 14.4 Å². The predicted molar refractivity (Wildman–Crippen MR) is 148 cm³/mol. The number of methoxy groups -OCH3 is 1. The Hall–Kier alpha value is -3.20. The molecule has 4 rings (SSSR count). The minimum Gasteiger partial charge on any atom is -0.493 e. The van der Waals surface area contributed by atoms with Gasteiger partial charge in [0, 0.05) is 50.5 Å². The Kier molecular flexibility index (Phi) is 9.78. The van der Waals surface area contributed by atoms with Crippen molar-refractivity contribution in [2.45, 2.75) is 64.3 Å². The first kappa shape index (κ1) is 28.8. The first-order chi connectivity index (χ1) is 18.9. The highest BCUT2D eigenvalue weighted by molar-refractivity contribution is 5.79. The van der Waals surface area contributed by atoms with Crippen molar-refractivity contribution in [2.75, 3.05) is 40.1 Å². The largest absolute Gasteiger partial charge is 0.493 e. The Morgan fingerprint density at radius 1 is 1.15 bits per heavy atom. The van der Waals surface area contributed by atoms with Gasteiger partial charge in [-0.15, -0.1) is 0 Å². The van der Waals surface area contributed by atoms with E-state index >= 15 is 0 Å². The average molecular weight is 542 g/mol. The lowest BCUT2D eigenvalue weighted by molar-refractivity contribution is -0.143. The van der Waals surface area contributed by atoms with Crippen LogP contribution in [0.5, 0.6) is 17.2 Å². The first-order valence-corrected chi connectivity index (χ1v) is 14.2. The maximum Gasteiger partial charge on any atom is 0.308 e. The summed E-state index contributed by atoms with van der Waals surface area (Å²) < 4.78 is 18.8. The molecule has 9 heteroatoms. The van der Waals surface area contributed by atoms with Gasteiger partial charge in [-0.3, -0.25) is 14.5 Å². The molecule has 39 heavy (non-hydrogen) atoms. The van der Waals surface area contributed by atoms with Gasteiger partial charge in [0.1, 0.15) is 0 Å². The fourth-order valence-corrected chi connectivity index (χ4v) is 5.94. The summed E-state index contributed by atoms with van der Waals surface area (Å²) in [6.45, 7) is 6.53. The van der Waals surface area contributed by atoms with E-state index in [-0.39, 0.29) is 31.2 Å². The molecular weight excluding hydrogens is 498 g/mol. The maximum atomic E-state index is 13.6.